The number of aromatic nitrogens is 1. The van der Waals surface area contributed by atoms with Crippen LogP contribution in [0.3, 0.4) is 0 Å². The summed E-state index contributed by atoms with van der Waals surface area (Å²) in [5, 5.41) is 3.25. The van der Waals surface area contributed by atoms with E-state index < -0.39 is 0 Å². The van der Waals surface area contributed by atoms with Crippen LogP contribution in [-0.2, 0) is 6.54 Å². The zero-order valence-electron chi connectivity index (χ0n) is 12.6. The molecule has 1 aliphatic heterocycles. The van der Waals surface area contributed by atoms with Crippen molar-refractivity contribution in [2.75, 3.05) is 20.1 Å². The van der Waals surface area contributed by atoms with Crippen LogP contribution >= 0.6 is 0 Å². The highest BCUT2D eigenvalue weighted by molar-refractivity contribution is 5.80. The third-order valence-electron chi connectivity index (χ3n) is 4.74. The molecule has 1 N–H and O–H groups in total. The van der Waals surface area contributed by atoms with Crippen LogP contribution in [0.4, 0.5) is 4.39 Å². The predicted octanol–water partition coefficient (Wildman–Crippen LogP) is 2.42. The molecule has 2 aliphatic rings. The molecule has 0 bridgehead atoms. The number of nitrogens with one attached hydrogen (secondary N) is 1. The van der Waals surface area contributed by atoms with E-state index in [4.69, 9.17) is 0 Å². The Labute approximate surface area is 125 Å². The summed E-state index contributed by atoms with van der Waals surface area (Å²) in [7, 11) is 1.79. The molecule has 3 rings (SSSR count). The topological polar surface area (TPSA) is 40.5 Å². The highest BCUT2D eigenvalue weighted by Crippen LogP contribution is 2.35. The number of halogens is 1. The van der Waals surface area contributed by atoms with Crippen LogP contribution in [0.2, 0.25) is 0 Å². The van der Waals surface area contributed by atoms with Crippen molar-refractivity contribution in [2.24, 2.45) is 16.8 Å². The molecular formula is C16H23FN4. The number of likely N-dealkylation sites (tertiary alicyclic amines) is 1. The van der Waals surface area contributed by atoms with Crippen LogP contribution in [0.5, 0.6) is 0 Å². The Balaban J connectivity index is 1.60. The first-order chi connectivity index (χ1) is 10.3. The molecule has 5 heteroatoms. The van der Waals surface area contributed by atoms with Crippen LogP contribution in [0.1, 0.15) is 31.4 Å². The van der Waals surface area contributed by atoms with Crippen molar-refractivity contribution < 1.29 is 4.39 Å². The minimum Gasteiger partial charge on any atom is -0.350 e. The highest BCUT2D eigenvalue weighted by Gasteiger charge is 2.35. The lowest BCUT2D eigenvalue weighted by molar-refractivity contribution is 0.299. The van der Waals surface area contributed by atoms with E-state index in [2.05, 4.69) is 20.2 Å². The second-order valence-electron chi connectivity index (χ2n) is 6.04. The minimum absolute atomic E-state index is 0.268. The van der Waals surface area contributed by atoms with Gasteiger partial charge in [0.25, 0.3) is 0 Å². The lowest BCUT2D eigenvalue weighted by Gasteiger charge is -2.22. The predicted molar refractivity (Wildman–Crippen MR) is 81.4 cm³/mol. The van der Waals surface area contributed by atoms with Gasteiger partial charge in [0.05, 0.1) is 12.2 Å². The summed E-state index contributed by atoms with van der Waals surface area (Å²) in [6.07, 6.45) is 7.02. The fourth-order valence-electron chi connectivity index (χ4n) is 3.62. The summed E-state index contributed by atoms with van der Waals surface area (Å²) in [6.45, 7) is 2.54. The maximum Gasteiger partial charge on any atom is 0.193 e. The van der Waals surface area contributed by atoms with Gasteiger partial charge in [0.15, 0.2) is 5.96 Å². The van der Waals surface area contributed by atoms with Gasteiger partial charge in [0.1, 0.15) is 5.82 Å². The SMILES string of the molecule is CN=C(NCc1ncccc1F)N1CC2CCCCC2C1. The van der Waals surface area contributed by atoms with E-state index in [1.807, 2.05) is 0 Å². The van der Waals surface area contributed by atoms with Crippen molar-refractivity contribution in [3.8, 4) is 0 Å². The number of fused-ring (bicyclic) bond motifs is 1. The molecule has 0 amide bonds. The van der Waals surface area contributed by atoms with Crippen molar-refractivity contribution in [3.63, 3.8) is 0 Å². The number of pyridine rings is 1. The van der Waals surface area contributed by atoms with Crippen molar-refractivity contribution in [3.05, 3.63) is 29.8 Å². The Bertz CT molecular complexity index is 503. The second-order valence-corrected chi connectivity index (χ2v) is 6.04. The van der Waals surface area contributed by atoms with Gasteiger partial charge in [-0.2, -0.15) is 0 Å². The van der Waals surface area contributed by atoms with E-state index in [1.54, 1.807) is 19.3 Å². The Hall–Kier alpha value is -1.65. The van der Waals surface area contributed by atoms with Crippen LogP contribution in [-0.4, -0.2) is 36.0 Å². The van der Waals surface area contributed by atoms with Gasteiger partial charge in [0.2, 0.25) is 0 Å². The number of aliphatic imine (C=N–C) groups is 1. The van der Waals surface area contributed by atoms with Crippen molar-refractivity contribution in [2.45, 2.75) is 32.2 Å². The summed E-state index contributed by atoms with van der Waals surface area (Å²) in [5.41, 5.74) is 0.440. The van der Waals surface area contributed by atoms with E-state index in [0.717, 1.165) is 30.9 Å². The van der Waals surface area contributed by atoms with E-state index in [-0.39, 0.29) is 5.82 Å². The number of nitrogens with zero attached hydrogens (tertiary/aromatic N) is 3. The molecule has 1 saturated carbocycles. The first-order valence-corrected chi connectivity index (χ1v) is 7.83. The van der Waals surface area contributed by atoms with E-state index in [1.165, 1.54) is 31.7 Å². The fourth-order valence-corrected chi connectivity index (χ4v) is 3.62. The van der Waals surface area contributed by atoms with Gasteiger partial charge in [-0.1, -0.05) is 12.8 Å². The maximum atomic E-state index is 13.6. The van der Waals surface area contributed by atoms with Crippen LogP contribution in [0.15, 0.2) is 23.3 Å². The van der Waals surface area contributed by atoms with Gasteiger partial charge >= 0.3 is 0 Å². The standard InChI is InChI=1S/C16H23FN4/c1-18-16(20-9-15-14(17)7-4-8-19-15)21-10-12-5-2-3-6-13(12)11-21/h4,7-8,12-13H,2-3,5-6,9-11H2,1H3,(H,18,20). The van der Waals surface area contributed by atoms with Gasteiger partial charge in [-0.25, -0.2) is 4.39 Å². The number of hydrogen-bond donors (Lipinski definition) is 1. The smallest absolute Gasteiger partial charge is 0.193 e. The fraction of sp³-hybridized carbons (Fsp3) is 0.625. The zero-order chi connectivity index (χ0) is 14.7. The first kappa shape index (κ1) is 14.3. The van der Waals surface area contributed by atoms with Gasteiger partial charge in [-0.3, -0.25) is 9.98 Å². The minimum atomic E-state index is -0.268. The van der Waals surface area contributed by atoms with Crippen molar-refractivity contribution >= 4 is 5.96 Å². The Morgan fingerprint density at radius 1 is 1.38 bits per heavy atom. The Morgan fingerprint density at radius 2 is 2.10 bits per heavy atom. The van der Waals surface area contributed by atoms with E-state index >= 15 is 0 Å². The quantitative estimate of drug-likeness (QED) is 0.672. The van der Waals surface area contributed by atoms with Gasteiger partial charge < -0.3 is 10.2 Å². The molecule has 1 aromatic heterocycles. The van der Waals surface area contributed by atoms with Crippen LogP contribution in [0, 0.1) is 17.7 Å². The highest BCUT2D eigenvalue weighted by atomic mass is 19.1. The lowest BCUT2D eigenvalue weighted by atomic mass is 9.82. The molecule has 2 atom stereocenters. The van der Waals surface area contributed by atoms with Gasteiger partial charge in [-0.05, 0) is 36.8 Å². The summed E-state index contributed by atoms with van der Waals surface area (Å²) in [4.78, 5) is 10.7. The summed E-state index contributed by atoms with van der Waals surface area (Å²) in [5.74, 6) is 2.22. The molecule has 1 aliphatic carbocycles. The normalized spacial score (nSPS) is 25.8. The van der Waals surface area contributed by atoms with E-state index in [9.17, 15) is 4.39 Å². The average Bonchev–Trinajstić information content (AvgIpc) is 2.93. The Kier molecular flexibility index (Phi) is 4.36. The molecule has 0 aromatic carbocycles. The number of rotatable bonds is 2. The molecule has 1 saturated heterocycles. The monoisotopic (exact) mass is 290 g/mol. The largest absolute Gasteiger partial charge is 0.350 e. The maximum absolute atomic E-state index is 13.6. The van der Waals surface area contributed by atoms with E-state index in [0.29, 0.717) is 12.2 Å². The molecule has 1 aromatic rings. The molecule has 2 unspecified atom stereocenters. The lowest BCUT2D eigenvalue weighted by Crippen LogP contribution is -2.40. The molecule has 114 valence electrons. The van der Waals surface area contributed by atoms with Crippen molar-refractivity contribution in [1.29, 1.82) is 0 Å². The first-order valence-electron chi connectivity index (χ1n) is 7.83. The number of hydrogen-bond acceptors (Lipinski definition) is 2. The molecule has 0 spiro atoms. The van der Waals surface area contributed by atoms with Gasteiger partial charge in [0, 0.05) is 26.3 Å². The third kappa shape index (κ3) is 3.17. The summed E-state index contributed by atoms with van der Waals surface area (Å²) >= 11 is 0. The molecule has 0 radical (unpaired) electrons. The third-order valence-corrected chi connectivity index (χ3v) is 4.74. The number of guanidine groups is 1. The average molecular weight is 290 g/mol. The molecule has 2 fully saturated rings. The zero-order valence-corrected chi connectivity index (χ0v) is 12.6. The summed E-state index contributed by atoms with van der Waals surface area (Å²) in [6, 6.07) is 3.05. The second kappa shape index (κ2) is 6.41. The molecule has 2 heterocycles. The summed E-state index contributed by atoms with van der Waals surface area (Å²) < 4.78 is 13.6. The van der Waals surface area contributed by atoms with Crippen LogP contribution < -0.4 is 5.32 Å². The Morgan fingerprint density at radius 3 is 2.71 bits per heavy atom. The van der Waals surface area contributed by atoms with Gasteiger partial charge in [-0.15, -0.1) is 0 Å². The molecule has 21 heavy (non-hydrogen) atoms. The van der Waals surface area contributed by atoms with Crippen molar-refractivity contribution in [1.82, 2.24) is 15.2 Å². The van der Waals surface area contributed by atoms with Crippen LogP contribution in [0.25, 0.3) is 0 Å². The molecular weight excluding hydrogens is 267 g/mol. The molecule has 4 nitrogen and oxygen atoms in total.